The maximum absolute atomic E-state index is 12.2. The fraction of sp³-hybridized carbons (Fsp3) is 0. The lowest BCUT2D eigenvalue weighted by molar-refractivity contribution is 0.0929. The molecule has 5 nitrogen and oxygen atoms in total. The Morgan fingerprint density at radius 2 is 1.92 bits per heavy atom. The maximum atomic E-state index is 12.2. The summed E-state index contributed by atoms with van der Waals surface area (Å²) in [6.07, 6.45) is 1.43. The van der Waals surface area contributed by atoms with Crippen LogP contribution in [0.15, 0.2) is 74.7 Å². The summed E-state index contributed by atoms with van der Waals surface area (Å²) in [4.78, 5) is 12.2. The number of hydrogen-bond acceptors (Lipinski definition) is 4. The summed E-state index contributed by atoms with van der Waals surface area (Å²) in [5, 5.41) is 16.7. The van der Waals surface area contributed by atoms with Crippen molar-refractivity contribution in [1.29, 1.82) is 0 Å². The maximum Gasteiger partial charge on any atom is 0.307 e. The molecular formula is C20H13BrN2O3. The minimum atomic E-state index is -0.465. The number of furan rings is 1. The van der Waals surface area contributed by atoms with Crippen molar-refractivity contribution < 1.29 is 14.3 Å². The number of nitrogens with zero attached hydrogens (tertiary/aromatic N) is 1. The quantitative estimate of drug-likeness (QED) is 0.377. The molecule has 0 spiro atoms. The van der Waals surface area contributed by atoms with Gasteiger partial charge in [0.05, 0.1) is 6.21 Å². The van der Waals surface area contributed by atoms with Crippen LogP contribution in [-0.2, 0) is 0 Å². The zero-order valence-corrected chi connectivity index (χ0v) is 15.0. The monoisotopic (exact) mass is 408 g/mol. The van der Waals surface area contributed by atoms with Gasteiger partial charge in [0.25, 0.3) is 0 Å². The van der Waals surface area contributed by atoms with Crippen molar-refractivity contribution in [2.24, 2.45) is 5.10 Å². The van der Waals surface area contributed by atoms with Crippen LogP contribution in [0, 0.1) is 0 Å². The minimum Gasteiger partial charge on any atom is -0.507 e. The molecule has 0 fully saturated rings. The van der Waals surface area contributed by atoms with E-state index in [2.05, 4.69) is 26.5 Å². The number of hydrazone groups is 1. The van der Waals surface area contributed by atoms with Crippen LogP contribution in [0.3, 0.4) is 0 Å². The molecule has 0 atom stereocenters. The van der Waals surface area contributed by atoms with Crippen molar-refractivity contribution in [1.82, 2.24) is 5.43 Å². The molecule has 1 aromatic heterocycles. The topological polar surface area (TPSA) is 74.8 Å². The zero-order chi connectivity index (χ0) is 18.1. The molecule has 0 bridgehead atoms. The number of benzene rings is 3. The molecular weight excluding hydrogens is 396 g/mol. The van der Waals surface area contributed by atoms with E-state index in [9.17, 15) is 9.90 Å². The summed E-state index contributed by atoms with van der Waals surface area (Å²) < 4.78 is 6.43. The van der Waals surface area contributed by atoms with Gasteiger partial charge in [-0.25, -0.2) is 5.43 Å². The number of carbonyl (C=O) groups excluding carboxylic acids is 1. The Hall–Kier alpha value is -3.12. The number of fused-ring (bicyclic) bond motifs is 2. The number of aromatic hydroxyl groups is 1. The summed E-state index contributed by atoms with van der Waals surface area (Å²) in [5.41, 5.74) is 3.59. The van der Waals surface area contributed by atoms with Gasteiger partial charge in [0.1, 0.15) is 11.3 Å². The van der Waals surface area contributed by atoms with E-state index in [1.54, 1.807) is 18.2 Å². The van der Waals surface area contributed by atoms with Gasteiger partial charge in [0, 0.05) is 15.4 Å². The fourth-order valence-electron chi connectivity index (χ4n) is 2.76. The summed E-state index contributed by atoms with van der Waals surface area (Å²) >= 11 is 3.38. The van der Waals surface area contributed by atoms with Crippen molar-refractivity contribution in [3.05, 3.63) is 76.5 Å². The molecule has 6 heteroatoms. The number of rotatable bonds is 3. The van der Waals surface area contributed by atoms with Gasteiger partial charge >= 0.3 is 5.91 Å². The second kappa shape index (κ2) is 6.65. The third-order valence-corrected chi connectivity index (χ3v) is 4.50. The molecule has 128 valence electrons. The number of hydrogen-bond donors (Lipinski definition) is 2. The second-order valence-corrected chi connectivity index (χ2v) is 6.63. The fourth-order valence-corrected chi connectivity index (χ4v) is 3.14. The SMILES string of the molecule is O=C(N/N=C\c1c(O)ccc2ccccc12)c1cc2cc(Br)ccc2o1. The molecule has 0 saturated carbocycles. The van der Waals surface area contributed by atoms with E-state index in [0.29, 0.717) is 11.1 Å². The highest BCUT2D eigenvalue weighted by Gasteiger charge is 2.12. The third-order valence-electron chi connectivity index (χ3n) is 4.01. The van der Waals surface area contributed by atoms with Crippen molar-refractivity contribution in [3.8, 4) is 5.75 Å². The van der Waals surface area contributed by atoms with Gasteiger partial charge in [-0.05, 0) is 41.1 Å². The first-order chi connectivity index (χ1) is 12.6. The predicted octanol–water partition coefficient (Wildman–Crippen LogP) is 4.82. The summed E-state index contributed by atoms with van der Waals surface area (Å²) in [6.45, 7) is 0. The number of phenolic OH excluding ortho intramolecular Hbond substituents is 1. The van der Waals surface area contributed by atoms with Crippen molar-refractivity contribution in [2.45, 2.75) is 0 Å². The van der Waals surface area contributed by atoms with E-state index >= 15 is 0 Å². The minimum absolute atomic E-state index is 0.0929. The van der Waals surface area contributed by atoms with Crippen LogP contribution in [0.4, 0.5) is 0 Å². The lowest BCUT2D eigenvalue weighted by Crippen LogP contribution is -2.16. The molecule has 0 radical (unpaired) electrons. The lowest BCUT2D eigenvalue weighted by Gasteiger charge is -2.04. The van der Waals surface area contributed by atoms with Gasteiger partial charge < -0.3 is 9.52 Å². The van der Waals surface area contributed by atoms with E-state index in [1.807, 2.05) is 42.5 Å². The number of phenols is 1. The molecule has 0 saturated heterocycles. The van der Waals surface area contributed by atoms with Gasteiger partial charge in [-0.2, -0.15) is 5.10 Å². The average Bonchev–Trinajstić information content (AvgIpc) is 3.06. The molecule has 1 amide bonds. The lowest BCUT2D eigenvalue weighted by atomic mass is 10.0. The third kappa shape index (κ3) is 3.07. The Morgan fingerprint density at radius 3 is 2.81 bits per heavy atom. The highest BCUT2D eigenvalue weighted by atomic mass is 79.9. The van der Waals surface area contributed by atoms with Crippen LogP contribution in [0.1, 0.15) is 16.1 Å². The van der Waals surface area contributed by atoms with Crippen LogP contribution in [0.5, 0.6) is 5.75 Å². The molecule has 3 aromatic carbocycles. The molecule has 0 unspecified atom stereocenters. The van der Waals surface area contributed by atoms with Gasteiger partial charge in [0.2, 0.25) is 0 Å². The van der Waals surface area contributed by atoms with Crippen molar-refractivity contribution in [3.63, 3.8) is 0 Å². The number of carbonyl (C=O) groups is 1. The van der Waals surface area contributed by atoms with E-state index in [-0.39, 0.29) is 11.5 Å². The normalized spacial score (nSPS) is 11.4. The summed E-state index contributed by atoms with van der Waals surface area (Å²) in [6, 6.07) is 18.2. The number of nitrogens with one attached hydrogen (secondary N) is 1. The van der Waals surface area contributed by atoms with Crippen LogP contribution in [0.2, 0.25) is 0 Å². The number of amides is 1. The van der Waals surface area contributed by atoms with Gasteiger partial charge in [-0.3, -0.25) is 4.79 Å². The van der Waals surface area contributed by atoms with Crippen LogP contribution in [-0.4, -0.2) is 17.2 Å². The smallest absolute Gasteiger partial charge is 0.307 e. The summed E-state index contributed by atoms with van der Waals surface area (Å²) in [5.74, 6) is -0.207. The van der Waals surface area contributed by atoms with Crippen molar-refractivity contribution >= 4 is 49.8 Å². The first kappa shape index (κ1) is 16.4. The Bertz CT molecular complexity index is 1160. The Kier molecular flexibility index (Phi) is 4.18. The van der Waals surface area contributed by atoms with E-state index < -0.39 is 5.91 Å². The van der Waals surface area contributed by atoms with E-state index in [4.69, 9.17) is 4.42 Å². The van der Waals surface area contributed by atoms with Gasteiger partial charge in [-0.1, -0.05) is 46.3 Å². The largest absolute Gasteiger partial charge is 0.507 e. The molecule has 2 N–H and O–H groups in total. The van der Waals surface area contributed by atoms with Gasteiger partial charge in [0.15, 0.2) is 5.76 Å². The standard InChI is InChI=1S/C20H13BrN2O3/c21-14-6-8-18-13(9-14)10-19(26-18)20(25)23-22-11-16-15-4-2-1-3-12(15)5-7-17(16)24/h1-11,24H,(H,23,25)/b22-11-. The Morgan fingerprint density at radius 1 is 1.08 bits per heavy atom. The number of halogens is 1. The molecule has 1 heterocycles. The highest BCUT2D eigenvalue weighted by Crippen LogP contribution is 2.25. The molecule has 4 aromatic rings. The first-order valence-electron chi connectivity index (χ1n) is 7.85. The molecule has 4 rings (SSSR count). The first-order valence-corrected chi connectivity index (χ1v) is 8.64. The molecule has 26 heavy (non-hydrogen) atoms. The van der Waals surface area contributed by atoms with Crippen LogP contribution in [0.25, 0.3) is 21.7 Å². The Labute approximate surface area is 157 Å². The average molecular weight is 409 g/mol. The predicted molar refractivity (Wildman–Crippen MR) is 105 cm³/mol. The van der Waals surface area contributed by atoms with Crippen LogP contribution >= 0.6 is 15.9 Å². The van der Waals surface area contributed by atoms with Crippen LogP contribution < -0.4 is 5.43 Å². The molecule has 0 aliphatic carbocycles. The van der Waals surface area contributed by atoms with E-state index in [0.717, 1.165) is 20.6 Å². The van der Waals surface area contributed by atoms with Gasteiger partial charge in [-0.15, -0.1) is 0 Å². The molecule has 0 aliphatic heterocycles. The summed E-state index contributed by atoms with van der Waals surface area (Å²) in [7, 11) is 0. The molecule has 0 aliphatic rings. The van der Waals surface area contributed by atoms with Crippen molar-refractivity contribution in [2.75, 3.05) is 0 Å². The second-order valence-electron chi connectivity index (χ2n) is 5.71. The highest BCUT2D eigenvalue weighted by molar-refractivity contribution is 9.10. The Balaban J connectivity index is 1.58. The zero-order valence-electron chi connectivity index (χ0n) is 13.4. The van der Waals surface area contributed by atoms with E-state index in [1.165, 1.54) is 6.21 Å².